The van der Waals surface area contributed by atoms with Crippen LogP contribution in [0.4, 0.5) is 0 Å². The first kappa shape index (κ1) is 17.9. The van der Waals surface area contributed by atoms with E-state index >= 15 is 0 Å². The fourth-order valence-electron chi connectivity index (χ4n) is 2.02. The number of hydrogen-bond donors (Lipinski definition) is 2. The monoisotopic (exact) mass is 334 g/mol. The number of nitrogens with two attached hydrogens (primary N) is 1. The van der Waals surface area contributed by atoms with Crippen LogP contribution in [0, 0.1) is 0 Å². The van der Waals surface area contributed by atoms with E-state index in [0.717, 1.165) is 19.3 Å². The smallest absolute Gasteiger partial charge is 0.337 e. The summed E-state index contributed by atoms with van der Waals surface area (Å²) in [6, 6.07) is 5.58. The molecule has 0 amide bonds. The van der Waals surface area contributed by atoms with Crippen molar-refractivity contribution < 1.29 is 17.9 Å². The van der Waals surface area contributed by atoms with Crippen molar-refractivity contribution in [3.63, 3.8) is 0 Å². The predicted molar refractivity (Wildman–Crippen MR) is 81.0 cm³/mol. The number of hydrogen-bond acceptors (Lipinski definition) is 5. The quantitative estimate of drug-likeness (QED) is 0.784. The molecule has 0 atom stereocenters. The van der Waals surface area contributed by atoms with Crippen LogP contribution in [0.3, 0.4) is 0 Å². The van der Waals surface area contributed by atoms with E-state index in [1.165, 1.54) is 31.4 Å². The van der Waals surface area contributed by atoms with Crippen LogP contribution in [0.25, 0.3) is 0 Å². The molecule has 1 fully saturated rings. The Bertz CT molecular complexity index is 597. The Morgan fingerprint density at radius 3 is 2.33 bits per heavy atom. The van der Waals surface area contributed by atoms with Crippen molar-refractivity contribution in [1.82, 2.24) is 4.72 Å². The summed E-state index contributed by atoms with van der Waals surface area (Å²) in [7, 11) is -2.33. The molecule has 1 aliphatic carbocycles. The van der Waals surface area contributed by atoms with E-state index in [9.17, 15) is 13.2 Å². The maximum Gasteiger partial charge on any atom is 0.337 e. The number of nitrogens with one attached hydrogen (secondary N) is 1. The standard InChI is InChI=1S/C13H18N2O4S.ClH/c1-19-12(16)10-3-5-11(6-4-10)20(17,18)15-9-13(14)7-2-8-13;/h3-6,15H,2,7-9,14H2,1H3;1H. The van der Waals surface area contributed by atoms with Gasteiger partial charge >= 0.3 is 5.97 Å². The second-order valence-corrected chi connectivity index (χ2v) is 6.82. The van der Waals surface area contributed by atoms with Gasteiger partial charge in [0, 0.05) is 12.1 Å². The van der Waals surface area contributed by atoms with Crippen molar-refractivity contribution in [1.29, 1.82) is 0 Å². The molecule has 1 saturated carbocycles. The Morgan fingerprint density at radius 2 is 1.90 bits per heavy atom. The van der Waals surface area contributed by atoms with Gasteiger partial charge in [0.15, 0.2) is 0 Å². The Labute approximate surface area is 130 Å². The van der Waals surface area contributed by atoms with Gasteiger partial charge in [-0.1, -0.05) is 0 Å². The summed E-state index contributed by atoms with van der Waals surface area (Å²) in [5, 5.41) is 0. The summed E-state index contributed by atoms with van der Waals surface area (Å²) in [6.45, 7) is 0.230. The van der Waals surface area contributed by atoms with Gasteiger partial charge in [-0.3, -0.25) is 0 Å². The number of ether oxygens (including phenoxy) is 1. The van der Waals surface area contributed by atoms with Crippen molar-refractivity contribution in [3.05, 3.63) is 29.8 Å². The summed E-state index contributed by atoms with van der Waals surface area (Å²) in [6.07, 6.45) is 2.69. The van der Waals surface area contributed by atoms with Crippen LogP contribution in [0.2, 0.25) is 0 Å². The summed E-state index contributed by atoms with van der Waals surface area (Å²) in [4.78, 5) is 11.4. The molecule has 118 valence electrons. The number of carbonyl (C=O) groups excluding carboxylic acids is 1. The van der Waals surface area contributed by atoms with E-state index in [2.05, 4.69) is 9.46 Å². The molecule has 1 aliphatic rings. The second-order valence-electron chi connectivity index (χ2n) is 5.06. The lowest BCUT2D eigenvalue weighted by atomic mass is 9.78. The number of carbonyl (C=O) groups is 1. The van der Waals surface area contributed by atoms with Gasteiger partial charge in [-0.05, 0) is 43.5 Å². The second kappa shape index (κ2) is 6.74. The molecule has 6 nitrogen and oxygen atoms in total. The number of rotatable bonds is 5. The highest BCUT2D eigenvalue weighted by atomic mass is 35.5. The zero-order chi connectivity index (χ0) is 14.8. The highest BCUT2D eigenvalue weighted by Gasteiger charge is 2.33. The molecule has 0 spiro atoms. The zero-order valence-electron chi connectivity index (χ0n) is 11.7. The molecule has 8 heteroatoms. The van der Waals surface area contributed by atoms with Crippen LogP contribution < -0.4 is 10.5 Å². The molecule has 0 saturated heterocycles. The first-order valence-electron chi connectivity index (χ1n) is 6.33. The molecule has 1 aromatic rings. The topological polar surface area (TPSA) is 98.5 Å². The van der Waals surface area contributed by atoms with Crippen molar-refractivity contribution in [2.75, 3.05) is 13.7 Å². The van der Waals surface area contributed by atoms with E-state index in [-0.39, 0.29) is 23.8 Å². The summed E-state index contributed by atoms with van der Waals surface area (Å²) in [5.74, 6) is -0.503. The minimum atomic E-state index is -3.60. The van der Waals surface area contributed by atoms with Crippen LogP contribution in [0.15, 0.2) is 29.2 Å². The molecule has 21 heavy (non-hydrogen) atoms. The van der Waals surface area contributed by atoms with Crippen LogP contribution in [0.5, 0.6) is 0 Å². The van der Waals surface area contributed by atoms with Gasteiger partial charge in [0.1, 0.15) is 0 Å². The molecule has 3 N–H and O–H groups in total. The molecule has 0 radical (unpaired) electrons. The van der Waals surface area contributed by atoms with Gasteiger partial charge < -0.3 is 10.5 Å². The lowest BCUT2D eigenvalue weighted by molar-refractivity contribution is 0.0600. The van der Waals surface area contributed by atoms with Crippen LogP contribution in [-0.2, 0) is 14.8 Å². The van der Waals surface area contributed by atoms with E-state index in [4.69, 9.17) is 5.73 Å². The number of halogens is 1. The van der Waals surface area contributed by atoms with E-state index in [1.54, 1.807) is 0 Å². The maximum atomic E-state index is 12.1. The predicted octanol–water partition coefficient (Wildman–Crippen LogP) is 1.05. The Hall–Kier alpha value is -1.15. The third kappa shape index (κ3) is 4.16. The van der Waals surface area contributed by atoms with Gasteiger partial charge in [0.05, 0.1) is 17.6 Å². The van der Waals surface area contributed by atoms with Gasteiger partial charge in [-0.15, -0.1) is 12.4 Å². The van der Waals surface area contributed by atoms with Crippen molar-refractivity contribution in [2.24, 2.45) is 5.73 Å². The third-order valence-corrected chi connectivity index (χ3v) is 4.97. The van der Waals surface area contributed by atoms with Crippen molar-refractivity contribution in [3.8, 4) is 0 Å². The highest BCUT2D eigenvalue weighted by Crippen LogP contribution is 2.28. The fraction of sp³-hybridized carbons (Fsp3) is 0.462. The molecular weight excluding hydrogens is 316 g/mol. The summed E-state index contributed by atoms with van der Waals surface area (Å²) >= 11 is 0. The highest BCUT2D eigenvalue weighted by molar-refractivity contribution is 7.89. The number of methoxy groups -OCH3 is 1. The Morgan fingerprint density at radius 1 is 1.33 bits per heavy atom. The van der Waals surface area contributed by atoms with Gasteiger partial charge in [0.2, 0.25) is 10.0 Å². The molecule has 2 rings (SSSR count). The van der Waals surface area contributed by atoms with Crippen LogP contribution in [0.1, 0.15) is 29.6 Å². The first-order valence-corrected chi connectivity index (χ1v) is 7.82. The Balaban J connectivity index is 0.00000220. The minimum Gasteiger partial charge on any atom is -0.465 e. The first-order chi connectivity index (χ1) is 9.36. The maximum absolute atomic E-state index is 12.1. The largest absolute Gasteiger partial charge is 0.465 e. The molecule has 1 aromatic carbocycles. The summed E-state index contributed by atoms with van der Waals surface area (Å²) in [5.41, 5.74) is 5.87. The fourth-order valence-corrected chi connectivity index (χ4v) is 3.16. The lowest BCUT2D eigenvalue weighted by Crippen LogP contribution is -2.54. The zero-order valence-corrected chi connectivity index (χ0v) is 13.3. The number of benzene rings is 1. The van der Waals surface area contributed by atoms with E-state index in [0.29, 0.717) is 5.56 Å². The molecule has 0 aromatic heterocycles. The Kier molecular flexibility index (Phi) is 5.75. The van der Waals surface area contributed by atoms with Crippen molar-refractivity contribution >= 4 is 28.4 Å². The minimum absolute atomic E-state index is 0. The summed E-state index contributed by atoms with van der Waals surface area (Å²) < 4.78 is 31.2. The number of esters is 1. The molecule has 0 bridgehead atoms. The average molecular weight is 335 g/mol. The van der Waals surface area contributed by atoms with Gasteiger partial charge in [0.25, 0.3) is 0 Å². The van der Waals surface area contributed by atoms with Crippen LogP contribution >= 0.6 is 12.4 Å². The lowest BCUT2D eigenvalue weighted by Gasteiger charge is -2.37. The normalized spacial score (nSPS) is 16.5. The van der Waals surface area contributed by atoms with E-state index in [1.807, 2.05) is 0 Å². The molecular formula is C13H19ClN2O4S. The molecule has 0 heterocycles. The van der Waals surface area contributed by atoms with Crippen molar-refractivity contribution in [2.45, 2.75) is 29.7 Å². The molecule has 0 aliphatic heterocycles. The van der Waals surface area contributed by atoms with E-state index < -0.39 is 21.5 Å². The third-order valence-electron chi connectivity index (χ3n) is 3.55. The van der Waals surface area contributed by atoms with Gasteiger partial charge in [-0.25, -0.2) is 17.9 Å². The number of sulfonamides is 1. The van der Waals surface area contributed by atoms with Crippen LogP contribution in [-0.4, -0.2) is 33.6 Å². The average Bonchev–Trinajstić information content (AvgIpc) is 2.42. The molecule has 0 unspecified atom stereocenters. The van der Waals surface area contributed by atoms with Gasteiger partial charge in [-0.2, -0.15) is 0 Å². The SMILES string of the molecule is COC(=O)c1ccc(S(=O)(=O)NCC2(N)CCC2)cc1.Cl.